The third-order valence-corrected chi connectivity index (χ3v) is 3.91. The zero-order valence-corrected chi connectivity index (χ0v) is 11.9. The van der Waals surface area contributed by atoms with Crippen LogP contribution in [-0.4, -0.2) is 41.8 Å². The molecule has 0 atom stereocenters. The van der Waals surface area contributed by atoms with E-state index >= 15 is 0 Å². The second-order valence-electron chi connectivity index (χ2n) is 5.51. The summed E-state index contributed by atoms with van der Waals surface area (Å²) in [6.07, 6.45) is 1.68. The van der Waals surface area contributed by atoms with Crippen molar-refractivity contribution >= 4 is 22.7 Å². The molecule has 1 aromatic carbocycles. The van der Waals surface area contributed by atoms with E-state index in [4.69, 9.17) is 0 Å². The standard InChI is InChI=1S/C15H20N4O/c1-16-15-17-13-6-4-3-5-12(13)14(18-15)19(2)9-10-7-11(20)8-10/h3-6,10-11,20H,7-9H2,1-2H3,(H,16,17,18). The molecule has 1 aliphatic rings. The lowest BCUT2D eigenvalue weighted by atomic mass is 9.82. The third-order valence-electron chi connectivity index (χ3n) is 3.91. The molecule has 2 aromatic rings. The number of fused-ring (bicyclic) bond motifs is 1. The highest BCUT2D eigenvalue weighted by Gasteiger charge is 2.28. The van der Waals surface area contributed by atoms with Crippen molar-refractivity contribution in [2.45, 2.75) is 18.9 Å². The molecule has 0 spiro atoms. The van der Waals surface area contributed by atoms with E-state index in [2.05, 4.69) is 33.3 Å². The van der Waals surface area contributed by atoms with Gasteiger partial charge in [-0.1, -0.05) is 12.1 Å². The molecule has 0 bridgehead atoms. The van der Waals surface area contributed by atoms with Crippen LogP contribution in [0.2, 0.25) is 0 Å². The molecule has 1 fully saturated rings. The van der Waals surface area contributed by atoms with Crippen LogP contribution in [0.3, 0.4) is 0 Å². The van der Waals surface area contributed by atoms with Crippen LogP contribution in [0, 0.1) is 5.92 Å². The lowest BCUT2D eigenvalue weighted by Gasteiger charge is -2.35. The van der Waals surface area contributed by atoms with Gasteiger partial charge >= 0.3 is 0 Å². The van der Waals surface area contributed by atoms with Gasteiger partial charge in [0.2, 0.25) is 5.95 Å². The number of para-hydroxylation sites is 1. The van der Waals surface area contributed by atoms with Gasteiger partial charge < -0.3 is 15.3 Å². The fourth-order valence-electron chi connectivity index (χ4n) is 2.79. The minimum atomic E-state index is -0.108. The molecule has 3 rings (SSSR count). The number of aromatic nitrogens is 2. The number of hydrogen-bond acceptors (Lipinski definition) is 5. The van der Waals surface area contributed by atoms with Crippen LogP contribution < -0.4 is 10.2 Å². The topological polar surface area (TPSA) is 61.3 Å². The fraction of sp³-hybridized carbons (Fsp3) is 0.467. The van der Waals surface area contributed by atoms with Crippen molar-refractivity contribution < 1.29 is 5.11 Å². The largest absolute Gasteiger partial charge is 0.393 e. The van der Waals surface area contributed by atoms with E-state index in [0.29, 0.717) is 11.9 Å². The van der Waals surface area contributed by atoms with Crippen molar-refractivity contribution in [3.05, 3.63) is 24.3 Å². The quantitative estimate of drug-likeness (QED) is 0.890. The summed E-state index contributed by atoms with van der Waals surface area (Å²) in [6.45, 7) is 0.918. The van der Waals surface area contributed by atoms with Crippen LogP contribution in [0.1, 0.15) is 12.8 Å². The smallest absolute Gasteiger partial charge is 0.224 e. The molecular weight excluding hydrogens is 252 g/mol. The maximum Gasteiger partial charge on any atom is 0.224 e. The molecule has 1 aliphatic carbocycles. The van der Waals surface area contributed by atoms with Crippen molar-refractivity contribution in [3.8, 4) is 0 Å². The van der Waals surface area contributed by atoms with E-state index < -0.39 is 0 Å². The van der Waals surface area contributed by atoms with Crippen molar-refractivity contribution in [3.63, 3.8) is 0 Å². The number of nitrogens with zero attached hydrogens (tertiary/aromatic N) is 3. The van der Waals surface area contributed by atoms with Crippen molar-refractivity contribution in [1.82, 2.24) is 9.97 Å². The van der Waals surface area contributed by atoms with Crippen LogP contribution in [0.5, 0.6) is 0 Å². The van der Waals surface area contributed by atoms with Gasteiger partial charge in [0.1, 0.15) is 5.82 Å². The molecule has 0 saturated heterocycles. The van der Waals surface area contributed by atoms with Gasteiger partial charge in [0.25, 0.3) is 0 Å². The Hall–Kier alpha value is -1.88. The van der Waals surface area contributed by atoms with Crippen LogP contribution in [0.4, 0.5) is 11.8 Å². The molecule has 0 radical (unpaired) electrons. The lowest BCUT2D eigenvalue weighted by molar-refractivity contribution is 0.0464. The van der Waals surface area contributed by atoms with Gasteiger partial charge in [-0.25, -0.2) is 4.98 Å². The maximum atomic E-state index is 9.40. The van der Waals surface area contributed by atoms with E-state index in [-0.39, 0.29) is 6.10 Å². The van der Waals surface area contributed by atoms with E-state index in [1.54, 1.807) is 0 Å². The molecule has 1 aromatic heterocycles. The summed E-state index contributed by atoms with van der Waals surface area (Å²) in [5.74, 6) is 2.14. The Kier molecular flexibility index (Phi) is 3.44. The summed E-state index contributed by atoms with van der Waals surface area (Å²) < 4.78 is 0. The van der Waals surface area contributed by atoms with E-state index in [1.807, 2.05) is 25.2 Å². The first kappa shape index (κ1) is 13.1. The molecule has 0 aliphatic heterocycles. The number of benzene rings is 1. The van der Waals surface area contributed by atoms with E-state index in [9.17, 15) is 5.11 Å². The van der Waals surface area contributed by atoms with Crippen LogP contribution in [0.25, 0.3) is 10.9 Å². The Morgan fingerprint density at radius 2 is 2.05 bits per heavy atom. The molecule has 20 heavy (non-hydrogen) atoms. The molecule has 5 nitrogen and oxygen atoms in total. The molecule has 5 heteroatoms. The lowest BCUT2D eigenvalue weighted by Crippen LogP contribution is -2.37. The second-order valence-corrected chi connectivity index (χ2v) is 5.51. The predicted molar refractivity (Wildman–Crippen MR) is 81.1 cm³/mol. The van der Waals surface area contributed by atoms with Crippen molar-refractivity contribution in [2.75, 3.05) is 30.9 Å². The third kappa shape index (κ3) is 2.41. The average molecular weight is 272 g/mol. The van der Waals surface area contributed by atoms with Crippen molar-refractivity contribution in [1.29, 1.82) is 0 Å². The molecule has 0 unspecified atom stereocenters. The predicted octanol–water partition coefficient (Wildman–Crippen LogP) is 1.88. The van der Waals surface area contributed by atoms with Crippen LogP contribution in [-0.2, 0) is 0 Å². The first-order valence-corrected chi connectivity index (χ1v) is 7.01. The summed E-state index contributed by atoms with van der Waals surface area (Å²) in [5.41, 5.74) is 0.947. The molecule has 0 amide bonds. The highest BCUT2D eigenvalue weighted by molar-refractivity contribution is 5.90. The Morgan fingerprint density at radius 3 is 2.75 bits per heavy atom. The SMILES string of the molecule is CNc1nc(N(C)CC2CC(O)C2)c2ccccc2n1. The Bertz CT molecular complexity index is 610. The molecule has 1 heterocycles. The maximum absolute atomic E-state index is 9.40. The molecule has 2 N–H and O–H groups in total. The van der Waals surface area contributed by atoms with Crippen molar-refractivity contribution in [2.24, 2.45) is 5.92 Å². The van der Waals surface area contributed by atoms with Gasteiger partial charge in [-0.2, -0.15) is 4.98 Å². The molecule has 1 saturated carbocycles. The molecular formula is C15H20N4O. The number of aliphatic hydroxyl groups excluding tert-OH is 1. The first-order valence-electron chi connectivity index (χ1n) is 7.01. The minimum absolute atomic E-state index is 0.108. The number of hydrogen-bond donors (Lipinski definition) is 2. The number of anilines is 2. The molecule has 106 valence electrons. The summed E-state index contributed by atoms with van der Waals surface area (Å²) in [5, 5.41) is 13.5. The summed E-state index contributed by atoms with van der Waals surface area (Å²) >= 11 is 0. The minimum Gasteiger partial charge on any atom is -0.393 e. The monoisotopic (exact) mass is 272 g/mol. The van der Waals surface area contributed by atoms with Crippen LogP contribution in [0.15, 0.2) is 24.3 Å². The summed E-state index contributed by atoms with van der Waals surface area (Å²) in [4.78, 5) is 11.2. The zero-order chi connectivity index (χ0) is 14.1. The number of aliphatic hydroxyl groups is 1. The van der Waals surface area contributed by atoms with Gasteiger partial charge in [-0.05, 0) is 30.9 Å². The Labute approximate surface area is 118 Å². The van der Waals surface area contributed by atoms with Gasteiger partial charge in [0.15, 0.2) is 0 Å². The highest BCUT2D eigenvalue weighted by atomic mass is 16.3. The summed E-state index contributed by atoms with van der Waals surface area (Å²) in [7, 11) is 3.88. The highest BCUT2D eigenvalue weighted by Crippen LogP contribution is 2.31. The van der Waals surface area contributed by atoms with Gasteiger partial charge in [0.05, 0.1) is 11.6 Å². The average Bonchev–Trinajstić information content (AvgIpc) is 2.44. The Morgan fingerprint density at radius 1 is 1.30 bits per heavy atom. The fourth-order valence-corrected chi connectivity index (χ4v) is 2.79. The van der Waals surface area contributed by atoms with Crippen LogP contribution >= 0.6 is 0 Å². The van der Waals surface area contributed by atoms with Gasteiger partial charge in [-0.3, -0.25) is 0 Å². The number of rotatable bonds is 4. The summed E-state index contributed by atoms with van der Waals surface area (Å²) in [6, 6.07) is 8.05. The van der Waals surface area contributed by atoms with Gasteiger partial charge in [-0.15, -0.1) is 0 Å². The van der Waals surface area contributed by atoms with E-state index in [0.717, 1.165) is 36.1 Å². The zero-order valence-electron chi connectivity index (χ0n) is 11.9. The van der Waals surface area contributed by atoms with E-state index in [1.165, 1.54) is 0 Å². The normalized spacial score (nSPS) is 21.6. The first-order chi connectivity index (χ1) is 9.67. The second kappa shape index (κ2) is 5.25. The Balaban J connectivity index is 1.92. The van der Waals surface area contributed by atoms with Gasteiger partial charge in [0, 0.05) is 26.0 Å². The number of nitrogens with one attached hydrogen (secondary N) is 1.